The van der Waals surface area contributed by atoms with Gasteiger partial charge in [-0.1, -0.05) is 0 Å². The van der Waals surface area contributed by atoms with E-state index in [1.807, 2.05) is 0 Å². The summed E-state index contributed by atoms with van der Waals surface area (Å²) in [6.07, 6.45) is 0.642. The summed E-state index contributed by atoms with van der Waals surface area (Å²) in [6, 6.07) is 5.21. The van der Waals surface area contributed by atoms with Crippen LogP contribution in [0, 0.1) is 0 Å². The number of rotatable bonds is 2. The molecule has 1 N–H and O–H groups in total. The molecule has 0 saturated carbocycles. The summed E-state index contributed by atoms with van der Waals surface area (Å²) in [5, 5.41) is 7.93. The molecule has 1 aromatic carbocycles. The molecule has 110 valence electrons. The largest absolute Gasteiger partial charge is 0.486 e. The second-order valence-electron chi connectivity index (χ2n) is 4.78. The van der Waals surface area contributed by atoms with Crippen molar-refractivity contribution in [1.29, 1.82) is 0 Å². The van der Waals surface area contributed by atoms with Crippen LogP contribution < -0.4 is 14.8 Å². The average molecular weight is 289 g/mol. The first-order valence-corrected chi connectivity index (χ1v) is 6.68. The third-order valence-electron chi connectivity index (χ3n) is 3.27. The predicted molar refractivity (Wildman–Crippen MR) is 75.5 cm³/mol. The Morgan fingerprint density at radius 3 is 2.76 bits per heavy atom. The summed E-state index contributed by atoms with van der Waals surface area (Å²) in [7, 11) is 1.54. The number of amides is 2. The summed E-state index contributed by atoms with van der Waals surface area (Å²) in [6.45, 7) is 1.01. The van der Waals surface area contributed by atoms with Gasteiger partial charge in [-0.3, -0.25) is 9.59 Å². The van der Waals surface area contributed by atoms with Crippen LogP contribution in [0.2, 0.25) is 0 Å². The Bertz CT molecular complexity index is 627. The molecule has 21 heavy (non-hydrogen) atoms. The highest BCUT2D eigenvalue weighted by atomic mass is 16.6. The molecule has 0 aromatic heterocycles. The molecule has 2 aliphatic rings. The molecule has 3 rings (SSSR count). The number of fused-ring (bicyclic) bond motifs is 1. The van der Waals surface area contributed by atoms with Gasteiger partial charge in [0, 0.05) is 31.6 Å². The van der Waals surface area contributed by atoms with Crippen LogP contribution in [-0.2, 0) is 9.59 Å². The maximum Gasteiger partial charge on any atom is 0.271 e. The zero-order valence-corrected chi connectivity index (χ0v) is 11.6. The van der Waals surface area contributed by atoms with E-state index in [1.165, 1.54) is 5.01 Å². The molecule has 0 atom stereocenters. The number of hydrazone groups is 1. The van der Waals surface area contributed by atoms with E-state index in [0.29, 0.717) is 49.0 Å². The van der Waals surface area contributed by atoms with Gasteiger partial charge in [-0.05, 0) is 12.1 Å². The summed E-state index contributed by atoms with van der Waals surface area (Å²) in [5.74, 6) is 0.869. The summed E-state index contributed by atoms with van der Waals surface area (Å²) < 4.78 is 10.9. The lowest BCUT2D eigenvalue weighted by Crippen LogP contribution is -2.34. The zero-order chi connectivity index (χ0) is 14.8. The molecule has 2 heterocycles. The van der Waals surface area contributed by atoms with Gasteiger partial charge in [0.25, 0.3) is 5.91 Å². The third kappa shape index (κ3) is 2.81. The van der Waals surface area contributed by atoms with Crippen molar-refractivity contribution in [2.24, 2.45) is 5.10 Å². The van der Waals surface area contributed by atoms with E-state index in [-0.39, 0.29) is 11.8 Å². The van der Waals surface area contributed by atoms with Crippen LogP contribution in [0.3, 0.4) is 0 Å². The maximum atomic E-state index is 12.1. The maximum absolute atomic E-state index is 12.1. The molecular formula is C14H15N3O4. The van der Waals surface area contributed by atoms with Gasteiger partial charge in [-0.25, -0.2) is 5.01 Å². The van der Waals surface area contributed by atoms with Crippen molar-refractivity contribution in [1.82, 2.24) is 5.01 Å². The first kappa shape index (κ1) is 13.4. The molecule has 7 nitrogen and oxygen atoms in total. The van der Waals surface area contributed by atoms with Gasteiger partial charge >= 0.3 is 0 Å². The number of benzene rings is 1. The van der Waals surface area contributed by atoms with Crippen LogP contribution in [0.1, 0.15) is 12.8 Å². The minimum atomic E-state index is -0.314. The van der Waals surface area contributed by atoms with E-state index in [2.05, 4.69) is 10.4 Å². The van der Waals surface area contributed by atoms with Crippen molar-refractivity contribution < 1.29 is 19.1 Å². The van der Waals surface area contributed by atoms with Crippen LogP contribution in [0.4, 0.5) is 5.69 Å². The van der Waals surface area contributed by atoms with Gasteiger partial charge in [0.15, 0.2) is 11.5 Å². The summed E-state index contributed by atoms with van der Waals surface area (Å²) in [5.41, 5.74) is 0.943. The van der Waals surface area contributed by atoms with Gasteiger partial charge in [-0.2, -0.15) is 5.10 Å². The highest BCUT2D eigenvalue weighted by Gasteiger charge is 2.22. The van der Waals surface area contributed by atoms with E-state index in [0.717, 1.165) is 0 Å². The van der Waals surface area contributed by atoms with Crippen LogP contribution in [0.5, 0.6) is 11.5 Å². The highest BCUT2D eigenvalue weighted by Crippen LogP contribution is 2.32. The first-order valence-electron chi connectivity index (χ1n) is 6.68. The van der Waals surface area contributed by atoms with Crippen molar-refractivity contribution in [2.45, 2.75) is 12.8 Å². The van der Waals surface area contributed by atoms with Crippen molar-refractivity contribution in [2.75, 3.05) is 25.6 Å². The van der Waals surface area contributed by atoms with Crippen LogP contribution in [0.25, 0.3) is 0 Å². The number of ether oxygens (including phenoxy) is 2. The third-order valence-corrected chi connectivity index (χ3v) is 3.27. The van der Waals surface area contributed by atoms with Crippen molar-refractivity contribution in [3.05, 3.63) is 18.2 Å². The van der Waals surface area contributed by atoms with E-state index >= 15 is 0 Å². The lowest BCUT2D eigenvalue weighted by Gasteiger charge is -2.20. The number of carbonyl (C=O) groups excluding carboxylic acids is 2. The number of hydrogen-bond acceptors (Lipinski definition) is 5. The molecule has 0 spiro atoms. The monoisotopic (exact) mass is 289 g/mol. The van der Waals surface area contributed by atoms with E-state index in [9.17, 15) is 9.59 Å². The van der Waals surface area contributed by atoms with Gasteiger partial charge in [0.2, 0.25) is 5.91 Å². The molecule has 0 bridgehead atoms. The Morgan fingerprint density at radius 2 is 2.00 bits per heavy atom. The Morgan fingerprint density at radius 1 is 1.24 bits per heavy atom. The molecule has 2 amide bonds. The number of hydrogen-bond donors (Lipinski definition) is 1. The van der Waals surface area contributed by atoms with Gasteiger partial charge < -0.3 is 14.8 Å². The van der Waals surface area contributed by atoms with Crippen LogP contribution in [-0.4, -0.2) is 42.8 Å². The molecule has 7 heteroatoms. The molecule has 2 aliphatic heterocycles. The number of anilines is 1. The second-order valence-corrected chi connectivity index (χ2v) is 4.78. The minimum Gasteiger partial charge on any atom is -0.486 e. The zero-order valence-electron chi connectivity index (χ0n) is 11.6. The lowest BCUT2D eigenvalue weighted by atomic mass is 10.1. The number of nitrogens with one attached hydrogen (secondary N) is 1. The SMILES string of the molecule is CN1N=C(C(=O)Nc2ccc3c(c2)OCCO3)CCC1=O. The Balaban J connectivity index is 1.73. The molecule has 0 saturated heterocycles. The number of carbonyl (C=O) groups is 2. The average Bonchev–Trinajstić information content (AvgIpc) is 2.50. The summed E-state index contributed by atoms with van der Waals surface area (Å²) in [4.78, 5) is 23.5. The fraction of sp³-hybridized carbons (Fsp3) is 0.357. The Hall–Kier alpha value is -2.57. The predicted octanol–water partition coefficient (Wildman–Crippen LogP) is 1.00. The summed E-state index contributed by atoms with van der Waals surface area (Å²) >= 11 is 0. The van der Waals surface area contributed by atoms with Crippen molar-refractivity contribution in [3.63, 3.8) is 0 Å². The molecular weight excluding hydrogens is 274 g/mol. The first-order chi connectivity index (χ1) is 10.1. The van der Waals surface area contributed by atoms with Crippen molar-refractivity contribution in [3.8, 4) is 11.5 Å². The topological polar surface area (TPSA) is 80.2 Å². The molecule has 0 radical (unpaired) electrons. The minimum absolute atomic E-state index is 0.0918. The number of nitrogens with zero attached hydrogens (tertiary/aromatic N) is 2. The van der Waals surface area contributed by atoms with Gasteiger partial charge in [0.05, 0.1) is 0 Å². The fourth-order valence-electron chi connectivity index (χ4n) is 2.16. The van der Waals surface area contributed by atoms with Gasteiger partial charge in [-0.15, -0.1) is 0 Å². The van der Waals surface area contributed by atoms with Crippen LogP contribution in [0.15, 0.2) is 23.3 Å². The van der Waals surface area contributed by atoms with E-state index in [1.54, 1.807) is 25.2 Å². The smallest absolute Gasteiger partial charge is 0.271 e. The van der Waals surface area contributed by atoms with Gasteiger partial charge in [0.1, 0.15) is 18.9 Å². The standard InChI is InChI=1S/C14H15N3O4/c1-17-13(18)5-3-10(16-17)14(19)15-9-2-4-11-12(8-9)21-7-6-20-11/h2,4,8H,3,5-7H2,1H3,(H,15,19). The lowest BCUT2D eigenvalue weighted by molar-refractivity contribution is -0.130. The highest BCUT2D eigenvalue weighted by molar-refractivity contribution is 6.43. The fourth-order valence-corrected chi connectivity index (χ4v) is 2.16. The molecule has 0 fully saturated rings. The van der Waals surface area contributed by atoms with E-state index in [4.69, 9.17) is 9.47 Å². The normalized spacial score (nSPS) is 17.3. The molecule has 1 aromatic rings. The molecule has 0 unspecified atom stereocenters. The Labute approximate surface area is 121 Å². The Kier molecular flexibility index (Phi) is 3.47. The quantitative estimate of drug-likeness (QED) is 0.881. The van der Waals surface area contributed by atoms with Crippen LogP contribution >= 0.6 is 0 Å². The van der Waals surface area contributed by atoms with E-state index < -0.39 is 0 Å². The van der Waals surface area contributed by atoms with Crippen molar-refractivity contribution >= 4 is 23.2 Å². The second kappa shape index (κ2) is 5.43. The molecule has 0 aliphatic carbocycles.